The molecule has 2 aromatic heterocycles. The quantitative estimate of drug-likeness (QED) is 0.422. The number of aryl methyl sites for hydroxylation is 1. The molecule has 204 valence electrons. The first-order chi connectivity index (χ1) is 18.8. The number of nitrogens with zero attached hydrogens (tertiary/aromatic N) is 5. The van der Waals surface area contributed by atoms with E-state index in [9.17, 15) is 14.4 Å². The monoisotopic (exact) mass is 530 g/mol. The molecule has 3 aliphatic rings. The fourth-order valence-electron chi connectivity index (χ4n) is 6.20. The summed E-state index contributed by atoms with van der Waals surface area (Å²) in [4.78, 5) is 49.4. The Kier molecular flexibility index (Phi) is 6.56. The number of carbonyl (C=O) groups excluding carboxylic acids is 3. The predicted molar refractivity (Wildman–Crippen MR) is 143 cm³/mol. The van der Waals surface area contributed by atoms with E-state index in [4.69, 9.17) is 4.74 Å². The lowest BCUT2D eigenvalue weighted by Gasteiger charge is -2.33. The van der Waals surface area contributed by atoms with Gasteiger partial charge in [-0.05, 0) is 74.6 Å². The van der Waals surface area contributed by atoms with Crippen molar-refractivity contribution in [1.82, 2.24) is 30.0 Å². The average Bonchev–Trinajstić information content (AvgIpc) is 3.40. The second kappa shape index (κ2) is 10.1. The zero-order chi connectivity index (χ0) is 27.3. The van der Waals surface area contributed by atoms with Crippen molar-refractivity contribution in [1.29, 1.82) is 0 Å². The van der Waals surface area contributed by atoms with Crippen LogP contribution in [0.3, 0.4) is 0 Å². The number of aromatic nitrogens is 4. The molecule has 10 heteroatoms. The molecule has 39 heavy (non-hydrogen) atoms. The molecule has 3 aromatic rings. The summed E-state index contributed by atoms with van der Waals surface area (Å²) >= 11 is 0. The number of ketones is 1. The van der Waals surface area contributed by atoms with E-state index in [1.54, 1.807) is 27.9 Å². The van der Waals surface area contributed by atoms with Crippen LogP contribution in [0.2, 0.25) is 0 Å². The maximum atomic E-state index is 13.6. The average molecular weight is 531 g/mol. The van der Waals surface area contributed by atoms with Gasteiger partial charge in [-0.1, -0.05) is 6.92 Å². The standard InChI is InChI=1S/C29H34N6O4/c1-16-8-19(9-16)13-31-29(38)25-11-20-10-24(20)35(25)27(37)14-34-23-5-4-21(12-22(23)28(33-34)18(3)36)39-15-26-30-7-6-17(2)32-26/h4-7,12,16,19-20,24-25H,8-11,13-15H2,1-3H3,(H,31,38)/t16?,19?,20-,24-,25+/m1/s1. The number of hydrogen-bond acceptors (Lipinski definition) is 7. The van der Waals surface area contributed by atoms with Gasteiger partial charge in [-0.3, -0.25) is 19.1 Å². The van der Waals surface area contributed by atoms with Crippen molar-refractivity contribution < 1.29 is 19.1 Å². The normalized spacial score (nSPS) is 25.2. The first kappa shape index (κ1) is 25.5. The Hall–Kier alpha value is -3.82. The van der Waals surface area contributed by atoms with Gasteiger partial charge in [0.2, 0.25) is 11.8 Å². The summed E-state index contributed by atoms with van der Waals surface area (Å²) in [6.45, 7) is 6.42. The van der Waals surface area contributed by atoms with Crippen LogP contribution < -0.4 is 10.1 Å². The minimum atomic E-state index is -0.434. The van der Waals surface area contributed by atoms with Gasteiger partial charge in [0.15, 0.2) is 11.6 Å². The number of benzene rings is 1. The zero-order valence-electron chi connectivity index (χ0n) is 22.6. The Morgan fingerprint density at radius 2 is 1.95 bits per heavy atom. The first-order valence-electron chi connectivity index (χ1n) is 13.8. The van der Waals surface area contributed by atoms with Crippen LogP contribution in [-0.4, -0.2) is 60.9 Å². The topological polar surface area (TPSA) is 119 Å². The fraction of sp³-hybridized carbons (Fsp3) is 0.517. The highest BCUT2D eigenvalue weighted by atomic mass is 16.5. The van der Waals surface area contributed by atoms with Gasteiger partial charge in [0.05, 0.1) is 5.52 Å². The number of Topliss-reactive ketones (excluding diaryl/α,β-unsaturated/α-hetero) is 1. The van der Waals surface area contributed by atoms with Gasteiger partial charge in [-0.2, -0.15) is 5.10 Å². The maximum absolute atomic E-state index is 13.6. The molecule has 0 unspecified atom stereocenters. The molecular formula is C29H34N6O4. The summed E-state index contributed by atoms with van der Waals surface area (Å²) in [7, 11) is 0. The molecule has 2 amide bonds. The van der Waals surface area contributed by atoms with Gasteiger partial charge in [-0.15, -0.1) is 0 Å². The highest BCUT2D eigenvalue weighted by Gasteiger charge is 2.56. The van der Waals surface area contributed by atoms with Crippen LogP contribution in [0.1, 0.15) is 61.5 Å². The van der Waals surface area contributed by atoms with Gasteiger partial charge in [-0.25, -0.2) is 9.97 Å². The Bertz CT molecular complexity index is 1440. The second-order valence-electron chi connectivity index (χ2n) is 11.4. The van der Waals surface area contributed by atoms with E-state index in [1.807, 2.05) is 19.1 Å². The minimum Gasteiger partial charge on any atom is -0.486 e. The van der Waals surface area contributed by atoms with Gasteiger partial charge in [0.25, 0.3) is 0 Å². The van der Waals surface area contributed by atoms with E-state index in [-0.39, 0.29) is 42.5 Å². The van der Waals surface area contributed by atoms with Crippen LogP contribution in [0.5, 0.6) is 5.75 Å². The third-order valence-electron chi connectivity index (χ3n) is 8.28. The molecule has 0 spiro atoms. The van der Waals surface area contributed by atoms with Gasteiger partial charge >= 0.3 is 0 Å². The van der Waals surface area contributed by atoms with Gasteiger partial charge in [0, 0.05) is 36.8 Å². The molecule has 1 aromatic carbocycles. The number of piperidine rings is 1. The van der Waals surface area contributed by atoms with E-state index in [0.29, 0.717) is 47.3 Å². The Morgan fingerprint density at radius 3 is 2.69 bits per heavy atom. The molecule has 3 heterocycles. The third kappa shape index (κ3) is 5.12. The second-order valence-corrected chi connectivity index (χ2v) is 11.4. The molecule has 0 radical (unpaired) electrons. The van der Waals surface area contributed by atoms with E-state index in [1.165, 1.54) is 6.92 Å². The minimum absolute atomic E-state index is 0.0335. The van der Waals surface area contributed by atoms with Crippen molar-refractivity contribution in [2.24, 2.45) is 17.8 Å². The Balaban J connectivity index is 1.17. The number of ether oxygens (including phenoxy) is 1. The van der Waals surface area contributed by atoms with Crippen LogP contribution >= 0.6 is 0 Å². The molecule has 2 aliphatic carbocycles. The maximum Gasteiger partial charge on any atom is 0.245 e. The van der Waals surface area contributed by atoms with Crippen molar-refractivity contribution in [3.63, 3.8) is 0 Å². The molecular weight excluding hydrogens is 496 g/mol. The van der Waals surface area contributed by atoms with Crippen molar-refractivity contribution in [3.05, 3.63) is 47.7 Å². The van der Waals surface area contributed by atoms with E-state index < -0.39 is 6.04 Å². The van der Waals surface area contributed by atoms with Crippen LogP contribution in [0.4, 0.5) is 0 Å². The number of fused-ring (bicyclic) bond motifs is 2. The van der Waals surface area contributed by atoms with E-state index >= 15 is 0 Å². The predicted octanol–water partition coefficient (Wildman–Crippen LogP) is 3.07. The number of hydrogen-bond donors (Lipinski definition) is 1. The smallest absolute Gasteiger partial charge is 0.245 e. The summed E-state index contributed by atoms with van der Waals surface area (Å²) in [5.41, 5.74) is 1.80. The van der Waals surface area contributed by atoms with Crippen LogP contribution in [0, 0.1) is 24.7 Å². The largest absolute Gasteiger partial charge is 0.486 e. The molecule has 10 nitrogen and oxygen atoms in total. The Morgan fingerprint density at radius 1 is 1.13 bits per heavy atom. The number of nitrogens with one attached hydrogen (secondary N) is 1. The summed E-state index contributed by atoms with van der Waals surface area (Å²) < 4.78 is 7.46. The van der Waals surface area contributed by atoms with E-state index in [2.05, 4.69) is 27.3 Å². The van der Waals surface area contributed by atoms with Crippen LogP contribution in [0.15, 0.2) is 30.5 Å². The zero-order valence-corrected chi connectivity index (χ0v) is 22.6. The number of rotatable bonds is 9. The Labute approximate surface area is 227 Å². The van der Waals surface area contributed by atoms with Crippen molar-refractivity contribution >= 4 is 28.5 Å². The van der Waals surface area contributed by atoms with Crippen LogP contribution in [-0.2, 0) is 22.7 Å². The molecule has 3 fully saturated rings. The molecule has 3 atom stereocenters. The summed E-state index contributed by atoms with van der Waals surface area (Å²) in [5, 5.41) is 8.22. The first-order valence-corrected chi connectivity index (χ1v) is 13.8. The number of carbonyl (C=O) groups is 3. The molecule has 2 saturated carbocycles. The van der Waals surface area contributed by atoms with Gasteiger partial charge < -0.3 is 15.0 Å². The SMILES string of the molecule is CC(=O)c1nn(CC(=O)N2[C@@H]3C[C@@H]3C[C@H]2C(=O)NCC2CC(C)C2)c2ccc(OCc3nccc(C)n3)cc12. The highest BCUT2D eigenvalue weighted by molar-refractivity contribution is 6.05. The van der Waals surface area contributed by atoms with Crippen molar-refractivity contribution in [3.8, 4) is 5.75 Å². The van der Waals surface area contributed by atoms with Crippen molar-refractivity contribution in [2.75, 3.05) is 6.54 Å². The highest BCUT2D eigenvalue weighted by Crippen LogP contribution is 2.48. The summed E-state index contributed by atoms with van der Waals surface area (Å²) in [6, 6.07) is 6.86. The number of amides is 2. The summed E-state index contributed by atoms with van der Waals surface area (Å²) in [5.74, 6) is 2.40. The lowest BCUT2D eigenvalue weighted by Crippen LogP contribution is -2.50. The van der Waals surface area contributed by atoms with Crippen LogP contribution in [0.25, 0.3) is 10.9 Å². The lowest BCUT2D eigenvalue weighted by atomic mass is 9.76. The summed E-state index contributed by atoms with van der Waals surface area (Å²) in [6.07, 6.45) is 5.64. The molecule has 6 rings (SSSR count). The van der Waals surface area contributed by atoms with Gasteiger partial charge in [0.1, 0.15) is 30.6 Å². The fourth-order valence-corrected chi connectivity index (χ4v) is 6.20. The van der Waals surface area contributed by atoms with E-state index in [0.717, 1.165) is 30.9 Å². The number of likely N-dealkylation sites (tertiary alicyclic amines) is 1. The van der Waals surface area contributed by atoms with Crippen molar-refractivity contribution in [2.45, 2.75) is 71.7 Å². The molecule has 1 aliphatic heterocycles. The molecule has 1 N–H and O–H groups in total. The third-order valence-corrected chi connectivity index (χ3v) is 8.28. The molecule has 0 bridgehead atoms. The lowest BCUT2D eigenvalue weighted by molar-refractivity contribution is -0.140. The molecule has 1 saturated heterocycles.